The summed E-state index contributed by atoms with van der Waals surface area (Å²) < 4.78 is 1.73. The first-order valence-electron chi connectivity index (χ1n) is 7.65. The van der Waals surface area contributed by atoms with Crippen molar-refractivity contribution in [1.82, 2.24) is 20.3 Å². The summed E-state index contributed by atoms with van der Waals surface area (Å²) >= 11 is 0. The van der Waals surface area contributed by atoms with E-state index in [9.17, 15) is 5.11 Å². The second kappa shape index (κ2) is 6.62. The zero-order valence-corrected chi connectivity index (χ0v) is 13.2. The summed E-state index contributed by atoms with van der Waals surface area (Å²) in [5.41, 5.74) is 3.25. The summed E-state index contributed by atoms with van der Waals surface area (Å²) in [6.45, 7) is 4.22. The second-order valence-electron chi connectivity index (χ2n) is 5.64. The quantitative estimate of drug-likeness (QED) is 0.758. The van der Waals surface area contributed by atoms with Crippen LogP contribution in [0.25, 0.3) is 5.69 Å². The molecule has 23 heavy (non-hydrogen) atoms. The molecule has 0 fully saturated rings. The number of aromatic hydroxyl groups is 1. The molecule has 3 aromatic rings. The van der Waals surface area contributed by atoms with Crippen LogP contribution in [-0.2, 0) is 0 Å². The van der Waals surface area contributed by atoms with E-state index in [0.29, 0.717) is 5.75 Å². The Bertz CT molecular complexity index is 753. The molecule has 2 aromatic carbocycles. The Morgan fingerprint density at radius 3 is 2.39 bits per heavy atom. The first-order chi connectivity index (χ1) is 11.1. The van der Waals surface area contributed by atoms with Gasteiger partial charge in [-0.2, -0.15) is 0 Å². The van der Waals surface area contributed by atoms with Gasteiger partial charge in [-0.1, -0.05) is 29.5 Å². The van der Waals surface area contributed by atoms with Gasteiger partial charge in [-0.05, 0) is 49.2 Å². The molecular weight excluding hydrogens is 288 g/mol. The molecule has 2 N–H and O–H groups in total. The Morgan fingerprint density at radius 2 is 1.74 bits per heavy atom. The Hall–Kier alpha value is -2.66. The van der Waals surface area contributed by atoms with E-state index in [1.165, 1.54) is 5.56 Å². The number of nitrogens with zero attached hydrogens (tertiary/aromatic N) is 3. The first kappa shape index (κ1) is 15.2. The van der Waals surface area contributed by atoms with Gasteiger partial charge >= 0.3 is 0 Å². The van der Waals surface area contributed by atoms with Crippen molar-refractivity contribution >= 4 is 0 Å². The van der Waals surface area contributed by atoms with Crippen LogP contribution < -0.4 is 5.32 Å². The van der Waals surface area contributed by atoms with Crippen molar-refractivity contribution in [3.8, 4) is 11.4 Å². The molecule has 0 aliphatic heterocycles. The van der Waals surface area contributed by atoms with E-state index < -0.39 is 0 Å². The predicted molar refractivity (Wildman–Crippen MR) is 89.4 cm³/mol. The largest absolute Gasteiger partial charge is 0.508 e. The summed E-state index contributed by atoms with van der Waals surface area (Å²) in [4.78, 5) is 0. The average Bonchev–Trinajstić information content (AvgIpc) is 3.09. The molecule has 0 bridgehead atoms. The van der Waals surface area contributed by atoms with Gasteiger partial charge in [0.15, 0.2) is 0 Å². The van der Waals surface area contributed by atoms with Crippen LogP contribution in [0.5, 0.6) is 5.75 Å². The number of aromatic nitrogens is 3. The van der Waals surface area contributed by atoms with Crippen molar-refractivity contribution < 1.29 is 5.11 Å². The van der Waals surface area contributed by atoms with Crippen LogP contribution >= 0.6 is 0 Å². The molecule has 1 aromatic heterocycles. The SMILES string of the molecule is CC(NC(C)c1cccc(O)c1)c1ccc(-n2ccnn2)cc1. The lowest BCUT2D eigenvalue weighted by Gasteiger charge is -2.21. The van der Waals surface area contributed by atoms with Crippen LogP contribution in [0.4, 0.5) is 0 Å². The lowest BCUT2D eigenvalue weighted by atomic mass is 10.0. The Balaban J connectivity index is 1.69. The number of phenolic OH excluding ortho intramolecular Hbond substituents is 1. The Labute approximate surface area is 135 Å². The first-order valence-corrected chi connectivity index (χ1v) is 7.65. The molecule has 0 aliphatic carbocycles. The van der Waals surface area contributed by atoms with E-state index in [4.69, 9.17) is 0 Å². The second-order valence-corrected chi connectivity index (χ2v) is 5.64. The van der Waals surface area contributed by atoms with Crippen molar-refractivity contribution in [2.24, 2.45) is 0 Å². The van der Waals surface area contributed by atoms with E-state index >= 15 is 0 Å². The summed E-state index contributed by atoms with van der Waals surface area (Å²) in [7, 11) is 0. The van der Waals surface area contributed by atoms with Crippen molar-refractivity contribution in [2.45, 2.75) is 25.9 Å². The van der Waals surface area contributed by atoms with E-state index in [0.717, 1.165) is 11.3 Å². The summed E-state index contributed by atoms with van der Waals surface area (Å²) in [6, 6.07) is 15.9. The van der Waals surface area contributed by atoms with E-state index in [-0.39, 0.29) is 12.1 Å². The lowest BCUT2D eigenvalue weighted by molar-refractivity contribution is 0.466. The van der Waals surface area contributed by atoms with Gasteiger partial charge in [-0.25, -0.2) is 4.68 Å². The maximum absolute atomic E-state index is 9.59. The van der Waals surface area contributed by atoms with Crippen molar-refractivity contribution in [2.75, 3.05) is 0 Å². The fraction of sp³-hybridized carbons (Fsp3) is 0.222. The summed E-state index contributed by atoms with van der Waals surface area (Å²) in [5.74, 6) is 0.293. The van der Waals surface area contributed by atoms with Crippen molar-refractivity contribution in [3.05, 3.63) is 72.1 Å². The topological polar surface area (TPSA) is 63.0 Å². The summed E-state index contributed by atoms with van der Waals surface area (Å²) in [6.07, 6.45) is 3.48. The number of hydrogen-bond donors (Lipinski definition) is 2. The normalized spacial score (nSPS) is 13.7. The Morgan fingerprint density at radius 1 is 1.00 bits per heavy atom. The predicted octanol–water partition coefficient (Wildman–Crippen LogP) is 3.38. The number of phenols is 1. The van der Waals surface area contributed by atoms with E-state index in [2.05, 4.69) is 41.6 Å². The average molecular weight is 308 g/mol. The molecule has 5 nitrogen and oxygen atoms in total. The van der Waals surface area contributed by atoms with Crippen LogP contribution in [0.3, 0.4) is 0 Å². The van der Waals surface area contributed by atoms with Crippen molar-refractivity contribution in [3.63, 3.8) is 0 Å². The molecule has 5 heteroatoms. The molecule has 1 heterocycles. The molecule has 0 amide bonds. The molecule has 0 spiro atoms. The molecule has 2 atom stereocenters. The molecule has 0 saturated heterocycles. The van der Waals surface area contributed by atoms with Gasteiger partial charge in [-0.3, -0.25) is 0 Å². The highest BCUT2D eigenvalue weighted by atomic mass is 16.3. The monoisotopic (exact) mass is 308 g/mol. The number of hydrogen-bond acceptors (Lipinski definition) is 4. The summed E-state index contributed by atoms with van der Waals surface area (Å²) in [5, 5.41) is 20.9. The van der Waals surface area contributed by atoms with Gasteiger partial charge in [0.2, 0.25) is 0 Å². The van der Waals surface area contributed by atoms with Gasteiger partial charge in [0.1, 0.15) is 5.75 Å². The van der Waals surface area contributed by atoms with E-state index in [1.54, 1.807) is 23.0 Å². The molecule has 2 unspecified atom stereocenters. The highest BCUT2D eigenvalue weighted by Crippen LogP contribution is 2.22. The van der Waals surface area contributed by atoms with Gasteiger partial charge in [0.25, 0.3) is 0 Å². The molecule has 3 rings (SSSR count). The highest BCUT2D eigenvalue weighted by molar-refractivity contribution is 5.35. The van der Waals surface area contributed by atoms with Crippen molar-refractivity contribution in [1.29, 1.82) is 0 Å². The van der Waals surface area contributed by atoms with Gasteiger partial charge in [0.05, 0.1) is 18.1 Å². The molecule has 0 radical (unpaired) electrons. The molecule has 0 aliphatic rings. The van der Waals surface area contributed by atoms with Gasteiger partial charge < -0.3 is 10.4 Å². The fourth-order valence-corrected chi connectivity index (χ4v) is 2.62. The third-order valence-electron chi connectivity index (χ3n) is 3.95. The minimum atomic E-state index is 0.145. The van der Waals surface area contributed by atoms with Crippen LogP contribution in [0.2, 0.25) is 0 Å². The highest BCUT2D eigenvalue weighted by Gasteiger charge is 2.11. The zero-order valence-electron chi connectivity index (χ0n) is 13.2. The number of nitrogens with one attached hydrogen (secondary N) is 1. The maximum atomic E-state index is 9.59. The van der Waals surface area contributed by atoms with Crippen LogP contribution in [0.15, 0.2) is 60.9 Å². The minimum Gasteiger partial charge on any atom is -0.508 e. The molecule has 118 valence electrons. The van der Waals surface area contributed by atoms with Gasteiger partial charge in [-0.15, -0.1) is 5.10 Å². The Kier molecular flexibility index (Phi) is 4.39. The van der Waals surface area contributed by atoms with Crippen LogP contribution in [-0.4, -0.2) is 20.1 Å². The maximum Gasteiger partial charge on any atom is 0.115 e. The standard InChI is InChI=1S/C18H20N4O/c1-13(20-14(2)16-4-3-5-18(23)12-16)15-6-8-17(9-7-15)22-11-10-19-21-22/h3-14,20,23H,1-2H3. The molecule has 0 saturated carbocycles. The van der Waals surface area contributed by atoms with Crippen LogP contribution in [0.1, 0.15) is 37.1 Å². The third-order valence-corrected chi connectivity index (χ3v) is 3.95. The van der Waals surface area contributed by atoms with E-state index in [1.807, 2.05) is 30.5 Å². The minimum absolute atomic E-state index is 0.145. The molecular formula is C18H20N4O. The fourth-order valence-electron chi connectivity index (χ4n) is 2.62. The lowest BCUT2D eigenvalue weighted by Crippen LogP contribution is -2.22. The third kappa shape index (κ3) is 3.57. The smallest absolute Gasteiger partial charge is 0.115 e. The van der Waals surface area contributed by atoms with Crippen LogP contribution in [0, 0.1) is 0 Å². The zero-order chi connectivity index (χ0) is 16.2. The van der Waals surface area contributed by atoms with Gasteiger partial charge in [0, 0.05) is 12.1 Å². The number of rotatable bonds is 5. The number of benzene rings is 2.